The van der Waals surface area contributed by atoms with Gasteiger partial charge in [-0.15, -0.1) is 0 Å². The largest absolute Gasteiger partial charge is 0.356 e. The van der Waals surface area contributed by atoms with Crippen molar-refractivity contribution >= 4 is 21.9 Å². The Kier molecular flexibility index (Phi) is 3.99. The summed E-state index contributed by atoms with van der Waals surface area (Å²) in [4.78, 5) is 4.28. The zero-order valence-corrected chi connectivity index (χ0v) is 11.2. The van der Waals surface area contributed by atoms with Crippen LogP contribution in [0.2, 0.25) is 0 Å². The average Bonchev–Trinajstić information content (AvgIpc) is 2.69. The summed E-state index contributed by atoms with van der Waals surface area (Å²) in [6.45, 7) is 3.55. The second kappa shape index (κ2) is 5.49. The van der Waals surface area contributed by atoms with Crippen molar-refractivity contribution in [3.05, 3.63) is 34.1 Å². The van der Waals surface area contributed by atoms with Gasteiger partial charge in [-0.05, 0) is 37.1 Å². The molecule has 1 aliphatic rings. The molecule has 0 amide bonds. The van der Waals surface area contributed by atoms with Crippen molar-refractivity contribution in [1.82, 2.24) is 10.6 Å². The molecule has 1 heterocycles. The van der Waals surface area contributed by atoms with E-state index < -0.39 is 0 Å². The minimum absolute atomic E-state index is 0.162. The van der Waals surface area contributed by atoms with E-state index in [-0.39, 0.29) is 5.82 Å². The van der Waals surface area contributed by atoms with Gasteiger partial charge in [-0.25, -0.2) is 4.39 Å². The highest BCUT2D eigenvalue weighted by Crippen LogP contribution is 2.15. The topological polar surface area (TPSA) is 36.4 Å². The lowest BCUT2D eigenvalue weighted by Gasteiger charge is -2.09. The molecule has 1 aromatic rings. The lowest BCUT2D eigenvalue weighted by Crippen LogP contribution is -2.38. The van der Waals surface area contributed by atoms with Gasteiger partial charge in [0.05, 0.1) is 6.54 Å². The quantitative estimate of drug-likeness (QED) is 0.896. The predicted octanol–water partition coefficient (Wildman–Crippen LogP) is 2.07. The molecule has 92 valence electrons. The monoisotopic (exact) mass is 299 g/mol. The molecule has 0 fully saturated rings. The van der Waals surface area contributed by atoms with Crippen LogP contribution in [0.25, 0.3) is 0 Å². The third-order valence-corrected chi connectivity index (χ3v) is 3.09. The molecule has 0 radical (unpaired) electrons. The fourth-order valence-electron chi connectivity index (χ4n) is 1.71. The van der Waals surface area contributed by atoms with Crippen LogP contribution < -0.4 is 10.6 Å². The van der Waals surface area contributed by atoms with E-state index in [1.165, 1.54) is 6.07 Å². The molecule has 0 aromatic heterocycles. The number of nitrogens with zero attached hydrogens (tertiary/aromatic N) is 1. The Balaban J connectivity index is 1.84. The van der Waals surface area contributed by atoms with Crippen molar-refractivity contribution in [2.24, 2.45) is 4.99 Å². The Morgan fingerprint density at radius 2 is 2.41 bits per heavy atom. The average molecular weight is 300 g/mol. The van der Waals surface area contributed by atoms with E-state index in [0.717, 1.165) is 17.0 Å². The Bertz CT molecular complexity index is 434. The zero-order chi connectivity index (χ0) is 12.3. The van der Waals surface area contributed by atoms with Gasteiger partial charge in [0.25, 0.3) is 0 Å². The number of aliphatic imine (C=N–C) groups is 1. The van der Waals surface area contributed by atoms with Gasteiger partial charge < -0.3 is 10.6 Å². The van der Waals surface area contributed by atoms with Gasteiger partial charge in [-0.3, -0.25) is 4.99 Å². The first-order valence-electron chi connectivity index (χ1n) is 5.64. The molecule has 3 nitrogen and oxygen atoms in total. The highest BCUT2D eigenvalue weighted by atomic mass is 79.9. The molecule has 1 unspecified atom stereocenters. The van der Waals surface area contributed by atoms with Crippen LogP contribution in [0.3, 0.4) is 0 Å². The number of nitrogens with one attached hydrogen (secondary N) is 2. The number of hydrogen-bond donors (Lipinski definition) is 2. The van der Waals surface area contributed by atoms with Gasteiger partial charge in [0.15, 0.2) is 5.96 Å². The second-order valence-corrected chi connectivity index (χ2v) is 5.06. The maximum absolute atomic E-state index is 13.4. The summed E-state index contributed by atoms with van der Waals surface area (Å²) in [7, 11) is 0. The first kappa shape index (κ1) is 12.4. The van der Waals surface area contributed by atoms with E-state index in [1.54, 1.807) is 6.07 Å². The van der Waals surface area contributed by atoms with E-state index in [2.05, 4.69) is 38.5 Å². The summed E-state index contributed by atoms with van der Waals surface area (Å²) in [6.07, 6.45) is 0.639. The smallest absolute Gasteiger partial charge is 0.191 e. The van der Waals surface area contributed by atoms with E-state index in [4.69, 9.17) is 0 Å². The minimum atomic E-state index is -0.162. The number of rotatable bonds is 3. The molecule has 2 rings (SSSR count). The molecular formula is C12H15BrFN3. The predicted molar refractivity (Wildman–Crippen MR) is 70.7 cm³/mol. The van der Waals surface area contributed by atoms with Crippen LogP contribution in [-0.2, 0) is 6.42 Å². The number of halogens is 2. The fourth-order valence-corrected chi connectivity index (χ4v) is 2.12. The van der Waals surface area contributed by atoms with Crippen molar-refractivity contribution in [3.63, 3.8) is 0 Å². The van der Waals surface area contributed by atoms with Crippen LogP contribution in [0.1, 0.15) is 12.5 Å². The number of benzene rings is 1. The van der Waals surface area contributed by atoms with Crippen LogP contribution in [0, 0.1) is 5.82 Å². The Hall–Kier alpha value is -1.10. The summed E-state index contributed by atoms with van der Waals surface area (Å²) in [5.74, 6) is 0.651. The molecule has 2 N–H and O–H groups in total. The van der Waals surface area contributed by atoms with E-state index in [9.17, 15) is 4.39 Å². The maximum atomic E-state index is 13.4. The van der Waals surface area contributed by atoms with Gasteiger partial charge in [0.2, 0.25) is 0 Å². The van der Waals surface area contributed by atoms with Crippen molar-refractivity contribution in [3.8, 4) is 0 Å². The van der Waals surface area contributed by atoms with Crippen LogP contribution in [0.5, 0.6) is 0 Å². The molecule has 1 aliphatic heterocycles. The molecule has 0 spiro atoms. The second-order valence-electron chi connectivity index (χ2n) is 4.15. The SMILES string of the molecule is CC1CN=C(NCCc2cc(Br)ccc2F)N1. The summed E-state index contributed by atoms with van der Waals surface area (Å²) < 4.78 is 14.3. The van der Waals surface area contributed by atoms with Crippen molar-refractivity contribution in [2.45, 2.75) is 19.4 Å². The normalized spacial score (nSPS) is 18.8. The summed E-state index contributed by atoms with van der Waals surface area (Å²) >= 11 is 3.34. The third-order valence-electron chi connectivity index (χ3n) is 2.60. The molecule has 5 heteroatoms. The first-order chi connectivity index (χ1) is 8.15. The third kappa shape index (κ3) is 3.43. The van der Waals surface area contributed by atoms with Crippen LogP contribution in [0.15, 0.2) is 27.7 Å². The van der Waals surface area contributed by atoms with Gasteiger partial charge in [-0.1, -0.05) is 15.9 Å². The number of hydrogen-bond acceptors (Lipinski definition) is 3. The lowest BCUT2D eigenvalue weighted by atomic mass is 10.1. The Morgan fingerprint density at radius 3 is 3.12 bits per heavy atom. The minimum Gasteiger partial charge on any atom is -0.356 e. The van der Waals surface area contributed by atoms with Crippen molar-refractivity contribution in [2.75, 3.05) is 13.1 Å². The fraction of sp³-hybridized carbons (Fsp3) is 0.417. The molecule has 0 saturated heterocycles. The highest BCUT2D eigenvalue weighted by Gasteiger charge is 2.11. The molecule has 0 saturated carbocycles. The molecule has 0 bridgehead atoms. The van der Waals surface area contributed by atoms with Gasteiger partial charge in [0, 0.05) is 17.1 Å². The summed E-state index contributed by atoms with van der Waals surface area (Å²) in [6, 6.07) is 5.38. The van der Waals surface area contributed by atoms with E-state index >= 15 is 0 Å². The van der Waals surface area contributed by atoms with Crippen LogP contribution in [0.4, 0.5) is 4.39 Å². The van der Waals surface area contributed by atoms with E-state index in [0.29, 0.717) is 24.6 Å². The molecule has 17 heavy (non-hydrogen) atoms. The first-order valence-corrected chi connectivity index (χ1v) is 6.43. The van der Waals surface area contributed by atoms with Gasteiger partial charge >= 0.3 is 0 Å². The maximum Gasteiger partial charge on any atom is 0.191 e. The highest BCUT2D eigenvalue weighted by molar-refractivity contribution is 9.10. The van der Waals surface area contributed by atoms with Gasteiger partial charge in [0.1, 0.15) is 5.82 Å². The van der Waals surface area contributed by atoms with Gasteiger partial charge in [-0.2, -0.15) is 0 Å². The summed E-state index contributed by atoms with van der Waals surface area (Å²) in [5.41, 5.74) is 0.707. The Morgan fingerprint density at radius 1 is 1.59 bits per heavy atom. The van der Waals surface area contributed by atoms with Crippen molar-refractivity contribution < 1.29 is 4.39 Å². The van der Waals surface area contributed by atoms with Crippen LogP contribution >= 0.6 is 15.9 Å². The summed E-state index contributed by atoms with van der Waals surface area (Å²) in [5, 5.41) is 6.37. The lowest BCUT2D eigenvalue weighted by molar-refractivity contribution is 0.606. The molecule has 1 aromatic carbocycles. The molecule has 0 aliphatic carbocycles. The number of guanidine groups is 1. The van der Waals surface area contributed by atoms with Crippen molar-refractivity contribution in [1.29, 1.82) is 0 Å². The molecule has 1 atom stereocenters. The van der Waals surface area contributed by atoms with E-state index in [1.807, 2.05) is 6.07 Å². The molecular weight excluding hydrogens is 285 g/mol. The zero-order valence-electron chi connectivity index (χ0n) is 9.63. The standard InChI is InChI=1S/C12H15BrFN3/c1-8-7-16-12(17-8)15-5-4-9-6-10(13)2-3-11(9)14/h2-3,6,8H,4-5,7H2,1H3,(H2,15,16,17). The Labute approximate surface area is 109 Å². The van der Waals surface area contributed by atoms with Crippen LogP contribution in [-0.4, -0.2) is 25.1 Å².